The maximum absolute atomic E-state index is 12.3. The molecule has 1 saturated carbocycles. The number of hydrogen-bond donors (Lipinski definition) is 2. The summed E-state index contributed by atoms with van der Waals surface area (Å²) in [6.45, 7) is 1.40. The Labute approximate surface area is 119 Å². The summed E-state index contributed by atoms with van der Waals surface area (Å²) in [6, 6.07) is -0.844. The maximum atomic E-state index is 12.3. The van der Waals surface area contributed by atoms with E-state index in [1.165, 1.54) is 6.92 Å². The Morgan fingerprint density at radius 1 is 1.15 bits per heavy atom. The van der Waals surface area contributed by atoms with Crippen LogP contribution in [0.25, 0.3) is 0 Å². The summed E-state index contributed by atoms with van der Waals surface area (Å²) < 4.78 is 22.8. The van der Waals surface area contributed by atoms with Gasteiger partial charge in [0.2, 0.25) is 11.8 Å². The van der Waals surface area contributed by atoms with Crippen LogP contribution < -0.4 is 10.6 Å². The number of carbonyl (C=O) groups excluding carboxylic acids is 2. The van der Waals surface area contributed by atoms with Crippen molar-refractivity contribution >= 4 is 21.7 Å². The molecule has 20 heavy (non-hydrogen) atoms. The van der Waals surface area contributed by atoms with Crippen molar-refractivity contribution in [2.75, 3.05) is 11.5 Å². The van der Waals surface area contributed by atoms with Crippen molar-refractivity contribution in [2.45, 2.75) is 51.1 Å². The van der Waals surface area contributed by atoms with E-state index in [1.54, 1.807) is 0 Å². The summed E-state index contributed by atoms with van der Waals surface area (Å²) in [5, 5.41) is 5.50. The Balaban J connectivity index is 1.97. The Morgan fingerprint density at radius 2 is 1.80 bits per heavy atom. The molecule has 1 aliphatic heterocycles. The third-order valence-electron chi connectivity index (χ3n) is 4.09. The van der Waals surface area contributed by atoms with E-state index in [2.05, 4.69) is 10.6 Å². The lowest BCUT2D eigenvalue weighted by atomic mass is 9.97. The molecule has 114 valence electrons. The molecule has 0 aromatic heterocycles. The van der Waals surface area contributed by atoms with Crippen molar-refractivity contribution in [2.24, 2.45) is 5.92 Å². The minimum absolute atomic E-state index is 0.0101. The molecule has 2 unspecified atom stereocenters. The molecule has 2 fully saturated rings. The molecule has 2 amide bonds. The highest BCUT2D eigenvalue weighted by Crippen LogP contribution is 2.28. The number of hydrogen-bond acceptors (Lipinski definition) is 4. The molecule has 6 nitrogen and oxygen atoms in total. The highest BCUT2D eigenvalue weighted by Gasteiger charge is 2.35. The van der Waals surface area contributed by atoms with Gasteiger partial charge in [-0.15, -0.1) is 0 Å². The van der Waals surface area contributed by atoms with E-state index in [1.807, 2.05) is 0 Å². The smallest absolute Gasteiger partial charge is 0.243 e. The molecule has 2 aliphatic rings. The average Bonchev–Trinajstić information content (AvgIpc) is 2.95. The van der Waals surface area contributed by atoms with Crippen LogP contribution in [0, 0.1) is 5.92 Å². The fourth-order valence-corrected chi connectivity index (χ4v) is 4.78. The van der Waals surface area contributed by atoms with Crippen molar-refractivity contribution in [3.63, 3.8) is 0 Å². The molecular formula is C13H22N2O4S. The van der Waals surface area contributed by atoms with Gasteiger partial charge in [0.1, 0.15) is 6.04 Å². The molecule has 0 radical (unpaired) electrons. The van der Waals surface area contributed by atoms with E-state index in [0.29, 0.717) is 6.42 Å². The zero-order valence-electron chi connectivity index (χ0n) is 11.7. The van der Waals surface area contributed by atoms with Gasteiger partial charge in [-0.1, -0.05) is 12.8 Å². The van der Waals surface area contributed by atoms with Gasteiger partial charge in [-0.2, -0.15) is 0 Å². The standard InChI is InChI=1S/C13H22N2O4S/c1-9(16)14-12(10-4-2-3-5-10)13(17)15-11-6-7-20(18,19)8-11/h10-12H,2-8H2,1H3,(H,14,16)(H,15,17). The first-order chi connectivity index (χ1) is 9.37. The number of nitrogens with one attached hydrogen (secondary N) is 2. The van der Waals surface area contributed by atoms with Gasteiger partial charge < -0.3 is 10.6 Å². The second-order valence-electron chi connectivity index (χ2n) is 5.83. The van der Waals surface area contributed by atoms with E-state index >= 15 is 0 Å². The fourth-order valence-electron chi connectivity index (χ4n) is 3.11. The molecule has 0 spiro atoms. The Kier molecular flexibility index (Phi) is 4.67. The van der Waals surface area contributed by atoms with Gasteiger partial charge in [-0.3, -0.25) is 9.59 Å². The number of carbonyl (C=O) groups is 2. The summed E-state index contributed by atoms with van der Waals surface area (Å²) in [6.07, 6.45) is 4.48. The summed E-state index contributed by atoms with van der Waals surface area (Å²) in [4.78, 5) is 23.6. The average molecular weight is 302 g/mol. The summed E-state index contributed by atoms with van der Waals surface area (Å²) in [5.41, 5.74) is 0. The molecular weight excluding hydrogens is 280 g/mol. The van der Waals surface area contributed by atoms with Crippen LogP contribution >= 0.6 is 0 Å². The minimum atomic E-state index is -3.01. The summed E-state index contributed by atoms with van der Waals surface area (Å²) in [7, 11) is -3.01. The largest absolute Gasteiger partial charge is 0.351 e. The Morgan fingerprint density at radius 3 is 2.30 bits per heavy atom. The normalized spacial score (nSPS) is 27.1. The van der Waals surface area contributed by atoms with Crippen LogP contribution in [0.2, 0.25) is 0 Å². The molecule has 2 atom stereocenters. The third-order valence-corrected chi connectivity index (χ3v) is 5.86. The van der Waals surface area contributed by atoms with Gasteiger partial charge in [-0.05, 0) is 25.2 Å². The van der Waals surface area contributed by atoms with Crippen molar-refractivity contribution < 1.29 is 18.0 Å². The number of amides is 2. The monoisotopic (exact) mass is 302 g/mol. The van der Waals surface area contributed by atoms with Crippen molar-refractivity contribution in [1.82, 2.24) is 10.6 Å². The first-order valence-electron chi connectivity index (χ1n) is 7.15. The number of rotatable bonds is 4. The SMILES string of the molecule is CC(=O)NC(C(=O)NC1CCS(=O)(=O)C1)C1CCCC1. The number of sulfone groups is 1. The van der Waals surface area contributed by atoms with Crippen LogP contribution in [-0.2, 0) is 19.4 Å². The zero-order chi connectivity index (χ0) is 14.8. The van der Waals surface area contributed by atoms with Crippen LogP contribution in [0.5, 0.6) is 0 Å². The first kappa shape index (κ1) is 15.3. The van der Waals surface area contributed by atoms with Crippen LogP contribution in [0.1, 0.15) is 39.0 Å². The highest BCUT2D eigenvalue weighted by atomic mass is 32.2. The van der Waals surface area contributed by atoms with Crippen LogP contribution in [0.3, 0.4) is 0 Å². The second kappa shape index (κ2) is 6.11. The quantitative estimate of drug-likeness (QED) is 0.763. The molecule has 2 rings (SSSR count). The van der Waals surface area contributed by atoms with Crippen molar-refractivity contribution in [1.29, 1.82) is 0 Å². The maximum Gasteiger partial charge on any atom is 0.243 e. The van der Waals surface area contributed by atoms with Crippen molar-refractivity contribution in [3.8, 4) is 0 Å². The van der Waals surface area contributed by atoms with E-state index < -0.39 is 15.9 Å². The molecule has 0 bridgehead atoms. The lowest BCUT2D eigenvalue weighted by Gasteiger charge is -2.24. The lowest BCUT2D eigenvalue weighted by Crippen LogP contribution is -2.52. The van der Waals surface area contributed by atoms with Gasteiger partial charge in [0.15, 0.2) is 9.84 Å². The molecule has 1 aliphatic carbocycles. The van der Waals surface area contributed by atoms with Gasteiger partial charge in [-0.25, -0.2) is 8.42 Å². The molecule has 0 aromatic rings. The molecule has 1 heterocycles. The molecule has 0 aromatic carbocycles. The van der Waals surface area contributed by atoms with Gasteiger partial charge in [0.05, 0.1) is 11.5 Å². The minimum Gasteiger partial charge on any atom is -0.351 e. The van der Waals surface area contributed by atoms with Crippen molar-refractivity contribution in [3.05, 3.63) is 0 Å². The van der Waals surface area contributed by atoms with Gasteiger partial charge >= 0.3 is 0 Å². The predicted octanol–water partition coefficient (Wildman–Crippen LogP) is -0.0154. The van der Waals surface area contributed by atoms with Gasteiger partial charge in [0, 0.05) is 13.0 Å². The lowest BCUT2D eigenvalue weighted by molar-refractivity contribution is -0.129. The topological polar surface area (TPSA) is 92.3 Å². The van der Waals surface area contributed by atoms with Crippen LogP contribution in [-0.4, -0.2) is 43.8 Å². The van der Waals surface area contributed by atoms with E-state index in [-0.39, 0.29) is 35.3 Å². The molecule has 2 N–H and O–H groups in total. The third kappa shape index (κ3) is 3.94. The van der Waals surface area contributed by atoms with E-state index in [0.717, 1.165) is 25.7 Å². The second-order valence-corrected chi connectivity index (χ2v) is 8.06. The summed E-state index contributed by atoms with van der Waals surface area (Å²) >= 11 is 0. The van der Waals surface area contributed by atoms with Crippen LogP contribution in [0.15, 0.2) is 0 Å². The molecule has 1 saturated heterocycles. The Hall–Kier alpha value is -1.11. The van der Waals surface area contributed by atoms with Crippen LogP contribution in [0.4, 0.5) is 0 Å². The first-order valence-corrected chi connectivity index (χ1v) is 8.97. The summed E-state index contributed by atoms with van der Waals surface area (Å²) in [5.74, 6) is -0.162. The molecule has 7 heteroatoms. The highest BCUT2D eigenvalue weighted by molar-refractivity contribution is 7.91. The predicted molar refractivity (Wildman–Crippen MR) is 74.8 cm³/mol. The Bertz CT molecular complexity index is 483. The zero-order valence-corrected chi connectivity index (χ0v) is 12.5. The van der Waals surface area contributed by atoms with Gasteiger partial charge in [0.25, 0.3) is 0 Å². The fraction of sp³-hybridized carbons (Fsp3) is 0.846. The van der Waals surface area contributed by atoms with E-state index in [4.69, 9.17) is 0 Å². The van der Waals surface area contributed by atoms with E-state index in [9.17, 15) is 18.0 Å².